The first-order valence-corrected chi connectivity index (χ1v) is 12.4. The van der Waals surface area contributed by atoms with Gasteiger partial charge in [0.1, 0.15) is 0 Å². The average molecular weight is 411 g/mol. The minimum atomic E-state index is -0.208. The number of esters is 1. The second-order valence-corrected chi connectivity index (χ2v) is 11.5. The van der Waals surface area contributed by atoms with Crippen molar-refractivity contribution in [3.05, 3.63) is 23.8 Å². The predicted octanol–water partition coefficient (Wildman–Crippen LogP) is 5.75. The number of ketones is 1. The van der Waals surface area contributed by atoms with Gasteiger partial charge in [-0.2, -0.15) is 0 Å². The van der Waals surface area contributed by atoms with Crippen LogP contribution in [0.4, 0.5) is 0 Å². The van der Waals surface area contributed by atoms with Gasteiger partial charge in [0.15, 0.2) is 5.78 Å². The molecule has 4 unspecified atom stereocenters. The lowest BCUT2D eigenvalue weighted by molar-refractivity contribution is -0.137. The molecule has 0 bridgehead atoms. The summed E-state index contributed by atoms with van der Waals surface area (Å²) in [6.07, 6.45) is 14.2. The van der Waals surface area contributed by atoms with Crippen molar-refractivity contribution in [1.29, 1.82) is 0 Å². The fourth-order valence-electron chi connectivity index (χ4n) is 8.86. The Labute approximate surface area is 181 Å². The molecule has 3 nitrogen and oxygen atoms in total. The maximum Gasteiger partial charge on any atom is 0.330 e. The highest BCUT2D eigenvalue weighted by Gasteiger charge is 2.67. The van der Waals surface area contributed by atoms with Crippen molar-refractivity contribution in [2.24, 2.45) is 52.3 Å². The first-order chi connectivity index (χ1) is 14.3. The third-order valence-electron chi connectivity index (χ3n) is 10.3. The van der Waals surface area contributed by atoms with Gasteiger partial charge in [0.2, 0.25) is 0 Å². The van der Waals surface area contributed by atoms with E-state index in [2.05, 4.69) is 32.9 Å². The van der Waals surface area contributed by atoms with E-state index in [4.69, 9.17) is 4.74 Å². The van der Waals surface area contributed by atoms with Gasteiger partial charge in [0, 0.05) is 12.5 Å². The minimum absolute atomic E-state index is 0.208. The monoisotopic (exact) mass is 410 g/mol. The minimum Gasteiger partial charge on any atom is -0.463 e. The summed E-state index contributed by atoms with van der Waals surface area (Å²) in [5.74, 6) is 5.18. The highest BCUT2D eigenvalue weighted by Crippen LogP contribution is 2.74. The van der Waals surface area contributed by atoms with Crippen LogP contribution in [0.2, 0.25) is 0 Å². The number of ether oxygens (including phenoxy) is 1. The zero-order valence-corrected chi connectivity index (χ0v) is 19.2. The SMILES string of the molecule is CCOC(=O)/C=C/[C@@H](C)C1CCC2C3C(CC[C@@]21C)[C@@]1(C)CCC(=O)C=C1[C@H]1C[C@@H]31. The Hall–Kier alpha value is -1.38. The van der Waals surface area contributed by atoms with Gasteiger partial charge in [0.05, 0.1) is 6.61 Å². The Morgan fingerprint density at radius 2 is 2.03 bits per heavy atom. The maximum atomic E-state index is 12.2. The summed E-state index contributed by atoms with van der Waals surface area (Å²) in [7, 11) is 0. The summed E-state index contributed by atoms with van der Waals surface area (Å²) < 4.78 is 5.09. The fraction of sp³-hybridized carbons (Fsp3) is 0.778. The zero-order chi connectivity index (χ0) is 21.3. The lowest BCUT2D eigenvalue weighted by Gasteiger charge is -2.58. The van der Waals surface area contributed by atoms with Crippen molar-refractivity contribution in [3.63, 3.8) is 0 Å². The van der Waals surface area contributed by atoms with Crippen molar-refractivity contribution < 1.29 is 14.3 Å². The van der Waals surface area contributed by atoms with Crippen molar-refractivity contribution in [2.45, 2.75) is 72.6 Å². The van der Waals surface area contributed by atoms with E-state index in [1.165, 1.54) is 37.7 Å². The maximum absolute atomic E-state index is 12.2. The Morgan fingerprint density at radius 3 is 2.80 bits per heavy atom. The molecule has 4 saturated carbocycles. The van der Waals surface area contributed by atoms with E-state index >= 15 is 0 Å². The molecule has 0 aromatic rings. The first kappa shape index (κ1) is 20.5. The number of hydrogen-bond donors (Lipinski definition) is 0. The smallest absolute Gasteiger partial charge is 0.330 e. The average Bonchev–Trinajstić information content (AvgIpc) is 3.42. The van der Waals surface area contributed by atoms with Crippen LogP contribution in [0.5, 0.6) is 0 Å². The van der Waals surface area contributed by atoms with Gasteiger partial charge in [-0.15, -0.1) is 0 Å². The van der Waals surface area contributed by atoms with Crippen molar-refractivity contribution in [1.82, 2.24) is 0 Å². The molecule has 5 aliphatic rings. The molecule has 5 aliphatic carbocycles. The van der Waals surface area contributed by atoms with Crippen molar-refractivity contribution in [2.75, 3.05) is 6.61 Å². The van der Waals surface area contributed by atoms with E-state index in [9.17, 15) is 9.59 Å². The lowest BCUT2D eigenvalue weighted by Crippen LogP contribution is -2.52. The summed E-state index contributed by atoms with van der Waals surface area (Å²) in [4.78, 5) is 24.0. The number of hydrogen-bond acceptors (Lipinski definition) is 3. The van der Waals surface area contributed by atoms with E-state index < -0.39 is 0 Å². The molecule has 9 atom stereocenters. The summed E-state index contributed by atoms with van der Waals surface area (Å²) in [5, 5.41) is 0. The third-order valence-corrected chi connectivity index (χ3v) is 10.3. The van der Waals surface area contributed by atoms with Crippen LogP contribution in [0.25, 0.3) is 0 Å². The van der Waals surface area contributed by atoms with E-state index in [1.54, 1.807) is 6.08 Å². The normalized spacial score (nSPS) is 47.6. The first-order valence-electron chi connectivity index (χ1n) is 12.4. The molecule has 164 valence electrons. The molecule has 0 aromatic heterocycles. The highest BCUT2D eigenvalue weighted by atomic mass is 16.5. The van der Waals surface area contributed by atoms with E-state index in [0.717, 1.165) is 36.5 Å². The Morgan fingerprint density at radius 1 is 1.23 bits per heavy atom. The van der Waals surface area contributed by atoms with E-state index in [0.29, 0.717) is 35.6 Å². The fourth-order valence-corrected chi connectivity index (χ4v) is 8.86. The molecular formula is C27H38O3. The molecule has 0 radical (unpaired) electrons. The molecule has 3 heteroatoms. The van der Waals surface area contributed by atoms with Crippen LogP contribution in [0.3, 0.4) is 0 Å². The molecule has 4 fully saturated rings. The van der Waals surface area contributed by atoms with Crippen LogP contribution in [-0.2, 0) is 14.3 Å². The van der Waals surface area contributed by atoms with Gasteiger partial charge in [0.25, 0.3) is 0 Å². The predicted molar refractivity (Wildman–Crippen MR) is 118 cm³/mol. The lowest BCUT2D eigenvalue weighted by atomic mass is 9.46. The molecule has 0 aromatic carbocycles. The van der Waals surface area contributed by atoms with Crippen molar-refractivity contribution >= 4 is 11.8 Å². The Balaban J connectivity index is 1.39. The summed E-state index contributed by atoms with van der Waals surface area (Å²) >= 11 is 0. The Kier molecular flexibility index (Phi) is 4.83. The number of carbonyl (C=O) groups is 2. The molecular weight excluding hydrogens is 372 g/mol. The molecule has 0 spiro atoms. The summed E-state index contributed by atoms with van der Waals surface area (Å²) in [6, 6.07) is 0. The molecule has 0 heterocycles. The zero-order valence-electron chi connectivity index (χ0n) is 19.2. The number of allylic oxidation sites excluding steroid dienone is 2. The van der Waals surface area contributed by atoms with Gasteiger partial charge >= 0.3 is 5.97 Å². The molecule has 0 saturated heterocycles. The molecule has 30 heavy (non-hydrogen) atoms. The highest BCUT2D eigenvalue weighted by molar-refractivity contribution is 5.92. The summed E-state index contributed by atoms with van der Waals surface area (Å²) in [5.41, 5.74) is 2.19. The molecule has 0 amide bonds. The third kappa shape index (κ3) is 2.90. The van der Waals surface area contributed by atoms with Crippen LogP contribution in [0, 0.1) is 52.3 Å². The topological polar surface area (TPSA) is 43.4 Å². The van der Waals surface area contributed by atoms with E-state index in [1.807, 2.05) is 6.92 Å². The second-order valence-electron chi connectivity index (χ2n) is 11.5. The second kappa shape index (κ2) is 7.07. The molecule has 0 N–H and O–H groups in total. The van der Waals surface area contributed by atoms with Gasteiger partial charge in [-0.25, -0.2) is 4.79 Å². The summed E-state index contributed by atoms with van der Waals surface area (Å²) in [6.45, 7) is 9.66. The van der Waals surface area contributed by atoms with Crippen LogP contribution < -0.4 is 0 Å². The van der Waals surface area contributed by atoms with Gasteiger partial charge in [-0.1, -0.05) is 32.4 Å². The van der Waals surface area contributed by atoms with Gasteiger partial charge in [-0.3, -0.25) is 4.79 Å². The number of rotatable bonds is 4. The standard InChI is InChI=1S/C27H38O3/c1-5-30-24(29)9-6-16(2)20-7-8-21-25-19-15-18(19)23-14-17(28)10-12-27(23,4)22(25)11-13-26(20,21)3/h6,9,14,16,18-22,25H,5,7-8,10-13,15H2,1-4H3/b9-6+/t16-,18+,19-,20?,21?,22?,25?,26-,27-/m1/s1. The van der Waals surface area contributed by atoms with Crippen LogP contribution in [-0.4, -0.2) is 18.4 Å². The van der Waals surface area contributed by atoms with Gasteiger partial charge in [-0.05, 0) is 104 Å². The number of carbonyl (C=O) groups excluding carboxylic acids is 2. The quantitative estimate of drug-likeness (QED) is 0.438. The van der Waals surface area contributed by atoms with Crippen LogP contribution in [0.1, 0.15) is 72.6 Å². The van der Waals surface area contributed by atoms with Crippen LogP contribution >= 0.6 is 0 Å². The van der Waals surface area contributed by atoms with E-state index in [-0.39, 0.29) is 11.4 Å². The Bertz CT molecular complexity index is 809. The molecule has 0 aliphatic heterocycles. The van der Waals surface area contributed by atoms with Crippen molar-refractivity contribution in [3.8, 4) is 0 Å². The van der Waals surface area contributed by atoms with Gasteiger partial charge < -0.3 is 4.74 Å². The largest absolute Gasteiger partial charge is 0.463 e. The van der Waals surface area contributed by atoms with Crippen LogP contribution in [0.15, 0.2) is 23.8 Å². The molecule has 5 rings (SSSR count). The number of fused-ring (bicyclic) bond motifs is 8.